The van der Waals surface area contributed by atoms with E-state index in [9.17, 15) is 4.79 Å². The minimum absolute atomic E-state index is 0.213. The first-order chi connectivity index (χ1) is 8.58. The zero-order valence-corrected chi connectivity index (χ0v) is 12.0. The van der Waals surface area contributed by atoms with E-state index in [1.54, 1.807) is 25.1 Å². The molecule has 0 amide bonds. The largest absolute Gasteiger partial charge is 0.466 e. The molecule has 1 aromatic rings. The normalized spacial score (nSPS) is 11.4. The van der Waals surface area contributed by atoms with E-state index in [1.807, 2.05) is 6.92 Å². The molecule has 0 bridgehead atoms. The van der Waals surface area contributed by atoms with Crippen molar-refractivity contribution in [2.45, 2.75) is 13.8 Å². The van der Waals surface area contributed by atoms with Crippen molar-refractivity contribution in [1.82, 2.24) is 0 Å². The van der Waals surface area contributed by atoms with Crippen LogP contribution < -0.4 is 5.32 Å². The molecule has 0 fully saturated rings. The third-order valence-corrected chi connectivity index (χ3v) is 3.04. The quantitative estimate of drug-likeness (QED) is 0.849. The van der Waals surface area contributed by atoms with Crippen molar-refractivity contribution < 1.29 is 9.53 Å². The third-order valence-electron chi connectivity index (χ3n) is 2.39. The molecule has 96 valence electrons. The molecular formula is C13H15BrN2O2. The summed E-state index contributed by atoms with van der Waals surface area (Å²) in [5.74, 6) is -0.428. The Bertz CT molecular complexity index is 469. The zero-order valence-electron chi connectivity index (χ0n) is 10.4. The predicted molar refractivity (Wildman–Crippen MR) is 73.1 cm³/mol. The highest BCUT2D eigenvalue weighted by Crippen LogP contribution is 2.23. The van der Waals surface area contributed by atoms with Crippen molar-refractivity contribution in [3.05, 3.63) is 28.2 Å². The highest BCUT2D eigenvalue weighted by Gasteiger charge is 2.13. The summed E-state index contributed by atoms with van der Waals surface area (Å²) in [6.45, 7) is 4.48. The van der Waals surface area contributed by atoms with Crippen LogP contribution >= 0.6 is 15.9 Å². The van der Waals surface area contributed by atoms with Gasteiger partial charge in [-0.2, -0.15) is 5.26 Å². The first-order valence-electron chi connectivity index (χ1n) is 5.68. The number of anilines is 1. The summed E-state index contributed by atoms with van der Waals surface area (Å²) in [6.07, 6.45) is 0. The molecule has 0 saturated carbocycles. The smallest absolute Gasteiger partial charge is 0.310 e. The Kier molecular flexibility index (Phi) is 5.66. The van der Waals surface area contributed by atoms with Gasteiger partial charge in [-0.05, 0) is 41.1 Å². The molecule has 4 nitrogen and oxygen atoms in total. The van der Waals surface area contributed by atoms with Gasteiger partial charge >= 0.3 is 5.97 Å². The van der Waals surface area contributed by atoms with E-state index in [0.29, 0.717) is 18.7 Å². The van der Waals surface area contributed by atoms with Crippen LogP contribution in [0.5, 0.6) is 0 Å². The summed E-state index contributed by atoms with van der Waals surface area (Å²) in [5, 5.41) is 11.9. The fourth-order valence-corrected chi connectivity index (χ4v) is 1.88. The Balaban J connectivity index is 2.59. The Morgan fingerprint density at radius 2 is 2.33 bits per heavy atom. The van der Waals surface area contributed by atoms with Crippen molar-refractivity contribution in [2.75, 3.05) is 18.5 Å². The molecule has 0 aliphatic heterocycles. The van der Waals surface area contributed by atoms with Crippen LogP contribution in [0.2, 0.25) is 0 Å². The third kappa shape index (κ3) is 4.04. The number of halogens is 1. The molecule has 0 heterocycles. The first-order valence-corrected chi connectivity index (χ1v) is 6.48. The molecule has 0 aliphatic carbocycles. The predicted octanol–water partition coefficient (Wildman–Crippen LogP) is 2.93. The van der Waals surface area contributed by atoms with Crippen LogP contribution in [-0.4, -0.2) is 19.1 Å². The van der Waals surface area contributed by atoms with Crippen molar-refractivity contribution in [1.29, 1.82) is 5.26 Å². The summed E-state index contributed by atoms with van der Waals surface area (Å²) >= 11 is 3.38. The van der Waals surface area contributed by atoms with E-state index >= 15 is 0 Å². The number of nitrogens with one attached hydrogen (secondary N) is 1. The Morgan fingerprint density at radius 1 is 1.61 bits per heavy atom. The number of ether oxygens (including phenoxy) is 1. The molecule has 1 aromatic carbocycles. The lowest BCUT2D eigenvalue weighted by molar-refractivity contribution is -0.146. The van der Waals surface area contributed by atoms with Crippen LogP contribution in [0.25, 0.3) is 0 Å². The van der Waals surface area contributed by atoms with Gasteiger partial charge in [0.2, 0.25) is 0 Å². The number of nitrogens with zero attached hydrogens (tertiary/aromatic N) is 1. The van der Waals surface area contributed by atoms with Crippen LogP contribution in [0.4, 0.5) is 5.69 Å². The number of hydrogen-bond donors (Lipinski definition) is 1. The summed E-state index contributed by atoms with van der Waals surface area (Å²) in [6, 6.07) is 7.33. The number of carbonyl (C=O) groups excluding carboxylic acids is 1. The molecule has 1 rings (SSSR count). The van der Waals surface area contributed by atoms with E-state index in [-0.39, 0.29) is 11.9 Å². The molecule has 0 saturated heterocycles. The van der Waals surface area contributed by atoms with Gasteiger partial charge in [-0.15, -0.1) is 0 Å². The van der Waals surface area contributed by atoms with Crippen LogP contribution in [0.1, 0.15) is 19.4 Å². The number of benzene rings is 1. The Morgan fingerprint density at radius 3 is 2.89 bits per heavy atom. The zero-order chi connectivity index (χ0) is 13.5. The lowest BCUT2D eigenvalue weighted by Crippen LogP contribution is -2.22. The number of hydrogen-bond acceptors (Lipinski definition) is 4. The summed E-state index contributed by atoms with van der Waals surface area (Å²) in [4.78, 5) is 11.4. The van der Waals surface area contributed by atoms with Crippen molar-refractivity contribution in [2.24, 2.45) is 5.92 Å². The molecular weight excluding hydrogens is 296 g/mol. The SMILES string of the molecule is CCOC(=O)C(C)CNc1ccc(C#N)cc1Br. The van der Waals surface area contributed by atoms with Crippen LogP contribution in [0.15, 0.2) is 22.7 Å². The maximum atomic E-state index is 11.4. The molecule has 1 atom stereocenters. The number of carbonyl (C=O) groups is 1. The minimum atomic E-state index is -0.215. The van der Waals surface area contributed by atoms with Gasteiger partial charge in [-0.1, -0.05) is 6.92 Å². The number of rotatable bonds is 5. The van der Waals surface area contributed by atoms with Gasteiger partial charge in [0, 0.05) is 16.7 Å². The second kappa shape index (κ2) is 7.02. The van der Waals surface area contributed by atoms with Gasteiger partial charge in [0.25, 0.3) is 0 Å². The van der Waals surface area contributed by atoms with Crippen molar-refractivity contribution in [3.8, 4) is 6.07 Å². The molecule has 18 heavy (non-hydrogen) atoms. The number of esters is 1. The average molecular weight is 311 g/mol. The Hall–Kier alpha value is -1.54. The van der Waals surface area contributed by atoms with Crippen molar-refractivity contribution >= 4 is 27.6 Å². The van der Waals surface area contributed by atoms with E-state index in [4.69, 9.17) is 10.00 Å². The molecule has 0 radical (unpaired) electrons. The van der Waals surface area contributed by atoms with E-state index in [1.165, 1.54) is 0 Å². The second-order valence-corrected chi connectivity index (χ2v) is 4.69. The first kappa shape index (κ1) is 14.5. The van der Waals surface area contributed by atoms with Gasteiger partial charge in [0.05, 0.1) is 24.2 Å². The van der Waals surface area contributed by atoms with Gasteiger partial charge in [-0.3, -0.25) is 4.79 Å². The fourth-order valence-electron chi connectivity index (χ4n) is 1.36. The van der Waals surface area contributed by atoms with Gasteiger partial charge < -0.3 is 10.1 Å². The molecule has 0 aromatic heterocycles. The molecule has 0 spiro atoms. The highest BCUT2D eigenvalue weighted by molar-refractivity contribution is 9.10. The van der Waals surface area contributed by atoms with Gasteiger partial charge in [-0.25, -0.2) is 0 Å². The van der Waals surface area contributed by atoms with E-state index in [2.05, 4.69) is 27.3 Å². The monoisotopic (exact) mass is 310 g/mol. The lowest BCUT2D eigenvalue weighted by Gasteiger charge is -2.13. The van der Waals surface area contributed by atoms with Crippen LogP contribution in [0, 0.1) is 17.2 Å². The van der Waals surface area contributed by atoms with Crippen molar-refractivity contribution in [3.63, 3.8) is 0 Å². The maximum absolute atomic E-state index is 11.4. The lowest BCUT2D eigenvalue weighted by atomic mass is 10.1. The standard InChI is InChI=1S/C13H15BrN2O2/c1-3-18-13(17)9(2)8-16-12-5-4-10(7-15)6-11(12)14/h4-6,9,16H,3,8H2,1-2H3. The molecule has 0 aliphatic rings. The van der Waals surface area contributed by atoms with Crippen LogP contribution in [-0.2, 0) is 9.53 Å². The van der Waals surface area contributed by atoms with E-state index in [0.717, 1.165) is 10.2 Å². The Labute approximate surface area is 115 Å². The maximum Gasteiger partial charge on any atom is 0.310 e. The molecule has 1 unspecified atom stereocenters. The summed E-state index contributed by atoms with van der Waals surface area (Å²) < 4.78 is 5.73. The van der Waals surface area contributed by atoms with Crippen LogP contribution in [0.3, 0.4) is 0 Å². The second-order valence-electron chi connectivity index (χ2n) is 3.84. The topological polar surface area (TPSA) is 62.1 Å². The summed E-state index contributed by atoms with van der Waals surface area (Å²) in [5.41, 5.74) is 1.44. The van der Waals surface area contributed by atoms with E-state index < -0.39 is 0 Å². The van der Waals surface area contributed by atoms with Gasteiger partial charge in [0.1, 0.15) is 0 Å². The molecule has 5 heteroatoms. The van der Waals surface area contributed by atoms with Gasteiger partial charge in [0.15, 0.2) is 0 Å². The number of nitriles is 1. The fraction of sp³-hybridized carbons (Fsp3) is 0.385. The highest BCUT2D eigenvalue weighted by atomic mass is 79.9. The summed E-state index contributed by atoms with van der Waals surface area (Å²) in [7, 11) is 0. The average Bonchev–Trinajstić information content (AvgIpc) is 2.37. The molecule has 1 N–H and O–H groups in total. The minimum Gasteiger partial charge on any atom is -0.466 e.